The van der Waals surface area contributed by atoms with Gasteiger partial charge in [-0.3, -0.25) is 9.69 Å². The van der Waals surface area contributed by atoms with E-state index in [0.717, 1.165) is 11.3 Å². The van der Waals surface area contributed by atoms with Crippen LogP contribution in [0.25, 0.3) is 0 Å². The smallest absolute Gasteiger partial charge is 0.389 e. The Morgan fingerprint density at radius 2 is 2.14 bits per heavy atom. The van der Waals surface area contributed by atoms with Crippen LogP contribution in [0.3, 0.4) is 0 Å². The van der Waals surface area contributed by atoms with E-state index in [4.69, 9.17) is 4.42 Å². The summed E-state index contributed by atoms with van der Waals surface area (Å²) in [6, 6.07) is -0.380. The molecule has 11 heteroatoms. The third-order valence-corrected chi connectivity index (χ3v) is 5.52. The Morgan fingerprint density at radius 1 is 1.36 bits per heavy atom. The van der Waals surface area contributed by atoms with Gasteiger partial charge in [0, 0.05) is 38.9 Å². The maximum Gasteiger partial charge on any atom is 0.389 e. The van der Waals surface area contributed by atoms with E-state index < -0.39 is 12.6 Å². The lowest BCUT2D eigenvalue weighted by molar-refractivity contribution is -0.135. The van der Waals surface area contributed by atoms with E-state index in [0.29, 0.717) is 41.1 Å². The zero-order chi connectivity index (χ0) is 20.3. The number of halogens is 3. The van der Waals surface area contributed by atoms with Crippen molar-refractivity contribution in [3.63, 3.8) is 0 Å². The number of aromatic nitrogens is 2. The average Bonchev–Trinajstić information content (AvgIpc) is 3.33. The fourth-order valence-corrected chi connectivity index (χ4v) is 3.96. The molecule has 0 saturated carbocycles. The Bertz CT molecular complexity index is 835. The standard InChI is InChI=1S/C17H19F3N4O3S/c1-11-14(12(25)3-4-13-21-6-10-27-13)28-15(22-11)24-9-8-23(16(24)26)7-2-5-17(18,19)20/h6,10H,2-5,7-9H2,1H3. The van der Waals surface area contributed by atoms with Crippen molar-refractivity contribution in [1.29, 1.82) is 0 Å². The largest absolute Gasteiger partial charge is 0.449 e. The van der Waals surface area contributed by atoms with Gasteiger partial charge in [-0.25, -0.2) is 14.8 Å². The number of oxazole rings is 1. The molecule has 1 saturated heterocycles. The highest BCUT2D eigenvalue weighted by Gasteiger charge is 2.33. The molecule has 0 bridgehead atoms. The minimum atomic E-state index is -4.23. The van der Waals surface area contributed by atoms with E-state index >= 15 is 0 Å². The van der Waals surface area contributed by atoms with Crippen molar-refractivity contribution in [2.45, 2.75) is 38.8 Å². The number of hydrogen-bond acceptors (Lipinski definition) is 6. The Morgan fingerprint density at radius 3 is 2.82 bits per heavy atom. The zero-order valence-corrected chi connectivity index (χ0v) is 16.0. The molecule has 7 nitrogen and oxygen atoms in total. The summed E-state index contributed by atoms with van der Waals surface area (Å²) in [6.07, 6.45) is -1.75. The van der Waals surface area contributed by atoms with Crippen LogP contribution in [0.2, 0.25) is 0 Å². The molecule has 3 rings (SSSR count). The Hall–Kier alpha value is -2.43. The van der Waals surface area contributed by atoms with Crippen LogP contribution < -0.4 is 4.90 Å². The Kier molecular flexibility index (Phi) is 6.01. The summed E-state index contributed by atoms with van der Waals surface area (Å²) in [7, 11) is 0. The van der Waals surface area contributed by atoms with E-state index in [1.54, 1.807) is 6.92 Å². The monoisotopic (exact) mass is 416 g/mol. The molecule has 152 valence electrons. The van der Waals surface area contributed by atoms with Crippen molar-refractivity contribution >= 4 is 28.3 Å². The van der Waals surface area contributed by atoms with Crippen LogP contribution in [0.5, 0.6) is 0 Å². The molecule has 0 unspecified atom stereocenters. The van der Waals surface area contributed by atoms with Crippen LogP contribution in [0.15, 0.2) is 16.9 Å². The number of urea groups is 1. The maximum absolute atomic E-state index is 12.5. The molecule has 1 aliphatic rings. The van der Waals surface area contributed by atoms with Gasteiger partial charge in [0.1, 0.15) is 6.26 Å². The van der Waals surface area contributed by atoms with Crippen molar-refractivity contribution in [2.24, 2.45) is 0 Å². The van der Waals surface area contributed by atoms with E-state index in [-0.39, 0.29) is 31.2 Å². The number of anilines is 1. The van der Waals surface area contributed by atoms with Gasteiger partial charge in [-0.1, -0.05) is 11.3 Å². The molecular weight excluding hydrogens is 397 g/mol. The molecule has 1 fully saturated rings. The van der Waals surface area contributed by atoms with Gasteiger partial charge in [0.05, 0.1) is 16.8 Å². The Balaban J connectivity index is 1.59. The van der Waals surface area contributed by atoms with Crippen molar-refractivity contribution in [1.82, 2.24) is 14.9 Å². The predicted octanol–water partition coefficient (Wildman–Crippen LogP) is 3.84. The van der Waals surface area contributed by atoms with Gasteiger partial charge in [0.15, 0.2) is 16.8 Å². The topological polar surface area (TPSA) is 79.5 Å². The van der Waals surface area contributed by atoms with Crippen LogP contribution >= 0.6 is 11.3 Å². The first-order valence-electron chi connectivity index (χ1n) is 8.77. The molecule has 0 aliphatic carbocycles. The summed E-state index contributed by atoms with van der Waals surface area (Å²) in [5.74, 6) is 0.355. The van der Waals surface area contributed by atoms with Crippen LogP contribution in [0.4, 0.5) is 23.1 Å². The number of thiazole rings is 1. The fourth-order valence-electron chi connectivity index (χ4n) is 2.90. The third kappa shape index (κ3) is 4.89. The molecule has 0 radical (unpaired) electrons. The summed E-state index contributed by atoms with van der Waals surface area (Å²) in [5.41, 5.74) is 0.528. The molecule has 3 heterocycles. The van der Waals surface area contributed by atoms with Crippen molar-refractivity contribution in [3.05, 3.63) is 28.9 Å². The van der Waals surface area contributed by atoms with Gasteiger partial charge >= 0.3 is 12.2 Å². The van der Waals surface area contributed by atoms with Gasteiger partial charge in [-0.05, 0) is 13.3 Å². The minimum Gasteiger partial charge on any atom is -0.449 e. The van der Waals surface area contributed by atoms with Gasteiger partial charge in [-0.2, -0.15) is 13.2 Å². The van der Waals surface area contributed by atoms with Crippen LogP contribution in [0, 0.1) is 6.92 Å². The molecule has 2 aromatic heterocycles. The summed E-state index contributed by atoms with van der Waals surface area (Å²) in [5, 5.41) is 0.389. The first-order valence-corrected chi connectivity index (χ1v) is 9.58. The molecule has 28 heavy (non-hydrogen) atoms. The SMILES string of the molecule is Cc1nc(N2CCN(CCCC(F)(F)F)C2=O)sc1C(=O)CCc1ncco1. The number of ketones is 1. The van der Waals surface area contributed by atoms with Gasteiger partial charge in [0.25, 0.3) is 0 Å². The second-order valence-corrected chi connectivity index (χ2v) is 7.38. The lowest BCUT2D eigenvalue weighted by atomic mass is 10.2. The van der Waals surface area contributed by atoms with E-state index in [9.17, 15) is 22.8 Å². The summed E-state index contributed by atoms with van der Waals surface area (Å²) >= 11 is 1.12. The first kappa shape index (κ1) is 20.3. The van der Waals surface area contributed by atoms with E-state index in [1.807, 2.05) is 0 Å². The highest BCUT2D eigenvalue weighted by atomic mass is 32.1. The van der Waals surface area contributed by atoms with Crippen LogP contribution in [-0.4, -0.2) is 52.5 Å². The molecule has 0 aromatic carbocycles. The molecule has 2 amide bonds. The van der Waals surface area contributed by atoms with E-state index in [1.165, 1.54) is 22.3 Å². The van der Waals surface area contributed by atoms with Gasteiger partial charge in [0.2, 0.25) is 0 Å². The van der Waals surface area contributed by atoms with Crippen molar-refractivity contribution < 1.29 is 27.2 Å². The maximum atomic E-state index is 12.5. The van der Waals surface area contributed by atoms with Crippen molar-refractivity contribution in [2.75, 3.05) is 24.5 Å². The number of nitrogens with zero attached hydrogens (tertiary/aromatic N) is 4. The van der Waals surface area contributed by atoms with Crippen molar-refractivity contribution in [3.8, 4) is 0 Å². The number of rotatable bonds is 8. The summed E-state index contributed by atoms with van der Waals surface area (Å²) < 4.78 is 42.0. The number of amides is 2. The molecule has 2 aromatic rings. The normalized spacial score (nSPS) is 14.9. The number of carbonyl (C=O) groups is 2. The Labute approximate surface area is 163 Å². The van der Waals surface area contributed by atoms with Gasteiger partial charge in [-0.15, -0.1) is 0 Å². The average molecular weight is 416 g/mol. The number of carbonyl (C=O) groups excluding carboxylic acids is 2. The summed E-state index contributed by atoms with van der Waals surface area (Å²) in [6.45, 7) is 2.41. The molecule has 1 aliphatic heterocycles. The summed E-state index contributed by atoms with van der Waals surface area (Å²) in [4.78, 5) is 36.5. The molecule has 0 atom stereocenters. The van der Waals surface area contributed by atoms with Crippen LogP contribution in [-0.2, 0) is 6.42 Å². The lowest BCUT2D eigenvalue weighted by Gasteiger charge is -2.17. The minimum absolute atomic E-state index is 0.0428. The first-order chi connectivity index (χ1) is 13.2. The zero-order valence-electron chi connectivity index (χ0n) is 15.2. The fraction of sp³-hybridized carbons (Fsp3) is 0.529. The van der Waals surface area contributed by atoms with E-state index in [2.05, 4.69) is 9.97 Å². The highest BCUT2D eigenvalue weighted by molar-refractivity contribution is 7.17. The number of alkyl halides is 3. The molecular formula is C17H19F3N4O3S. The number of hydrogen-bond donors (Lipinski definition) is 0. The molecule has 0 N–H and O–H groups in total. The second-order valence-electron chi connectivity index (χ2n) is 6.40. The number of aryl methyl sites for hydroxylation is 2. The van der Waals surface area contributed by atoms with Gasteiger partial charge < -0.3 is 9.32 Å². The second kappa shape index (κ2) is 8.29. The third-order valence-electron chi connectivity index (χ3n) is 4.30. The quantitative estimate of drug-likeness (QED) is 0.611. The lowest BCUT2D eigenvalue weighted by Crippen LogP contribution is -2.32. The predicted molar refractivity (Wildman–Crippen MR) is 95.6 cm³/mol. The number of Topliss-reactive ketones (excluding diaryl/α,β-unsaturated/α-hetero) is 1. The van der Waals surface area contributed by atoms with Crippen LogP contribution in [0.1, 0.15) is 40.5 Å². The molecule has 0 spiro atoms. The highest BCUT2D eigenvalue weighted by Crippen LogP contribution is 2.30.